The molecule has 1 aliphatic heterocycles. The van der Waals surface area contributed by atoms with E-state index >= 15 is 0 Å². The molecule has 5 heteroatoms. The van der Waals surface area contributed by atoms with Crippen LogP contribution in [-0.2, 0) is 0 Å². The SMILES string of the molecule is Cc1cn2cc(-c3ccc4c(=O)n([C@H]5CCNC5)cc(C)c4c3)cc(C)c2n1. The van der Waals surface area contributed by atoms with Gasteiger partial charge in [-0.2, -0.15) is 0 Å². The quantitative estimate of drug-likeness (QED) is 0.583. The zero-order chi connectivity index (χ0) is 19.4. The van der Waals surface area contributed by atoms with E-state index in [4.69, 9.17) is 0 Å². The monoisotopic (exact) mass is 372 g/mol. The molecular formula is C23H24N4O. The van der Waals surface area contributed by atoms with Crippen LogP contribution in [0.15, 0.2) is 47.7 Å². The van der Waals surface area contributed by atoms with Gasteiger partial charge in [-0.15, -0.1) is 0 Å². The summed E-state index contributed by atoms with van der Waals surface area (Å²) >= 11 is 0. The van der Waals surface area contributed by atoms with Crippen LogP contribution >= 0.6 is 0 Å². The van der Waals surface area contributed by atoms with Gasteiger partial charge in [0, 0.05) is 30.5 Å². The highest BCUT2D eigenvalue weighted by molar-refractivity contribution is 5.89. The molecule has 1 atom stereocenters. The fourth-order valence-corrected chi connectivity index (χ4v) is 4.41. The van der Waals surface area contributed by atoms with Crippen molar-refractivity contribution in [3.8, 4) is 11.1 Å². The highest BCUT2D eigenvalue weighted by Gasteiger charge is 2.19. The van der Waals surface area contributed by atoms with Crippen LogP contribution in [0.2, 0.25) is 0 Å². The first kappa shape index (κ1) is 17.2. The average Bonchev–Trinajstić information content (AvgIpc) is 3.33. The Morgan fingerprint density at radius 2 is 1.86 bits per heavy atom. The number of nitrogens with zero attached hydrogens (tertiary/aromatic N) is 3. The van der Waals surface area contributed by atoms with Crippen molar-refractivity contribution in [2.75, 3.05) is 13.1 Å². The number of fused-ring (bicyclic) bond motifs is 2. The molecule has 0 amide bonds. The van der Waals surface area contributed by atoms with Crippen LogP contribution < -0.4 is 10.9 Å². The minimum Gasteiger partial charge on any atom is -0.315 e. The number of hydrogen-bond acceptors (Lipinski definition) is 3. The third-order valence-corrected chi connectivity index (χ3v) is 5.86. The zero-order valence-electron chi connectivity index (χ0n) is 16.5. The highest BCUT2D eigenvalue weighted by Crippen LogP contribution is 2.28. The minimum atomic E-state index is 0.109. The van der Waals surface area contributed by atoms with E-state index in [-0.39, 0.29) is 11.6 Å². The summed E-state index contributed by atoms with van der Waals surface area (Å²) in [6, 6.07) is 8.62. The summed E-state index contributed by atoms with van der Waals surface area (Å²) in [7, 11) is 0. The van der Waals surface area contributed by atoms with E-state index in [0.29, 0.717) is 0 Å². The molecule has 4 heterocycles. The number of imidazole rings is 1. The molecule has 0 aliphatic carbocycles. The number of aromatic nitrogens is 3. The molecule has 1 aliphatic rings. The van der Waals surface area contributed by atoms with E-state index in [2.05, 4.69) is 52.9 Å². The molecule has 3 aromatic heterocycles. The van der Waals surface area contributed by atoms with Crippen molar-refractivity contribution < 1.29 is 0 Å². The molecule has 1 fully saturated rings. The van der Waals surface area contributed by atoms with Gasteiger partial charge in [-0.3, -0.25) is 4.79 Å². The van der Waals surface area contributed by atoms with E-state index in [1.54, 1.807) is 0 Å². The van der Waals surface area contributed by atoms with Crippen LogP contribution in [0.3, 0.4) is 0 Å². The highest BCUT2D eigenvalue weighted by atomic mass is 16.1. The normalized spacial score (nSPS) is 17.0. The molecule has 142 valence electrons. The van der Waals surface area contributed by atoms with Crippen molar-refractivity contribution in [3.05, 3.63) is 70.0 Å². The Balaban J connectivity index is 1.67. The Morgan fingerprint density at radius 1 is 1.00 bits per heavy atom. The number of nitrogens with one attached hydrogen (secondary N) is 1. The van der Waals surface area contributed by atoms with Crippen LogP contribution in [0.4, 0.5) is 0 Å². The van der Waals surface area contributed by atoms with Crippen LogP contribution in [0, 0.1) is 20.8 Å². The van der Waals surface area contributed by atoms with Crippen molar-refractivity contribution in [3.63, 3.8) is 0 Å². The molecule has 5 nitrogen and oxygen atoms in total. The van der Waals surface area contributed by atoms with E-state index in [9.17, 15) is 4.79 Å². The van der Waals surface area contributed by atoms with E-state index in [0.717, 1.165) is 63.9 Å². The van der Waals surface area contributed by atoms with Crippen LogP contribution in [0.5, 0.6) is 0 Å². The molecule has 0 saturated carbocycles. The van der Waals surface area contributed by atoms with Crippen molar-refractivity contribution in [1.29, 1.82) is 0 Å². The standard InChI is InChI=1S/C23H24N4O/c1-14-8-18(13-26-12-16(3)25-22(14)26)17-4-5-20-21(9-17)15(2)11-27(23(20)28)19-6-7-24-10-19/h4-5,8-9,11-13,19,24H,6-7,10H2,1-3H3/t19-/m0/s1. The number of hydrogen-bond donors (Lipinski definition) is 1. The smallest absolute Gasteiger partial charge is 0.258 e. The second-order valence-electron chi connectivity index (χ2n) is 7.96. The number of benzene rings is 1. The largest absolute Gasteiger partial charge is 0.315 e. The summed E-state index contributed by atoms with van der Waals surface area (Å²) in [6.45, 7) is 8.04. The summed E-state index contributed by atoms with van der Waals surface area (Å²) in [5, 5.41) is 5.18. The molecule has 1 saturated heterocycles. The van der Waals surface area contributed by atoms with Crippen molar-refractivity contribution in [1.82, 2.24) is 19.3 Å². The lowest BCUT2D eigenvalue weighted by Crippen LogP contribution is -2.26. The van der Waals surface area contributed by atoms with E-state index in [1.807, 2.05) is 30.0 Å². The zero-order valence-corrected chi connectivity index (χ0v) is 16.5. The molecule has 0 unspecified atom stereocenters. The van der Waals surface area contributed by atoms with Gasteiger partial charge < -0.3 is 14.3 Å². The molecule has 4 aromatic rings. The van der Waals surface area contributed by atoms with Crippen molar-refractivity contribution in [2.45, 2.75) is 33.2 Å². The summed E-state index contributed by atoms with van der Waals surface area (Å²) in [6.07, 6.45) is 7.20. The molecule has 1 aromatic carbocycles. The lowest BCUT2D eigenvalue weighted by molar-refractivity contribution is 0.531. The fourth-order valence-electron chi connectivity index (χ4n) is 4.41. The van der Waals surface area contributed by atoms with Gasteiger partial charge in [0.25, 0.3) is 5.56 Å². The van der Waals surface area contributed by atoms with Gasteiger partial charge in [0.1, 0.15) is 5.65 Å². The first-order valence-corrected chi connectivity index (χ1v) is 9.84. The lowest BCUT2D eigenvalue weighted by Gasteiger charge is -2.16. The predicted molar refractivity (Wildman–Crippen MR) is 113 cm³/mol. The second-order valence-corrected chi connectivity index (χ2v) is 7.96. The van der Waals surface area contributed by atoms with Gasteiger partial charge in [-0.1, -0.05) is 6.07 Å². The summed E-state index contributed by atoms with van der Waals surface area (Å²) in [5.41, 5.74) is 6.64. The van der Waals surface area contributed by atoms with Crippen molar-refractivity contribution >= 4 is 16.4 Å². The van der Waals surface area contributed by atoms with Crippen LogP contribution in [0.25, 0.3) is 27.5 Å². The van der Waals surface area contributed by atoms with E-state index < -0.39 is 0 Å². The average molecular weight is 372 g/mol. The predicted octanol–water partition coefficient (Wildman–Crippen LogP) is 3.78. The molecule has 0 bridgehead atoms. The van der Waals surface area contributed by atoms with Crippen LogP contribution in [0.1, 0.15) is 29.3 Å². The Labute approximate surface area is 163 Å². The van der Waals surface area contributed by atoms with Gasteiger partial charge in [-0.05, 0) is 79.6 Å². The summed E-state index contributed by atoms with van der Waals surface area (Å²) < 4.78 is 4.00. The van der Waals surface area contributed by atoms with E-state index in [1.165, 1.54) is 0 Å². The number of rotatable bonds is 2. The third kappa shape index (κ3) is 2.66. The maximum Gasteiger partial charge on any atom is 0.258 e. The molecule has 28 heavy (non-hydrogen) atoms. The second kappa shape index (κ2) is 6.31. The fraction of sp³-hybridized carbons (Fsp3) is 0.304. The Bertz CT molecular complexity index is 1280. The molecular weight excluding hydrogens is 348 g/mol. The van der Waals surface area contributed by atoms with Gasteiger partial charge in [0.05, 0.1) is 11.7 Å². The minimum absolute atomic E-state index is 0.109. The first-order chi connectivity index (χ1) is 13.5. The summed E-state index contributed by atoms with van der Waals surface area (Å²) in [4.78, 5) is 17.7. The van der Waals surface area contributed by atoms with Gasteiger partial charge in [-0.25, -0.2) is 4.98 Å². The van der Waals surface area contributed by atoms with Crippen molar-refractivity contribution in [2.24, 2.45) is 0 Å². The topological polar surface area (TPSA) is 51.3 Å². The Kier molecular flexibility index (Phi) is 3.88. The van der Waals surface area contributed by atoms with Gasteiger partial charge in [0.2, 0.25) is 0 Å². The van der Waals surface area contributed by atoms with Gasteiger partial charge >= 0.3 is 0 Å². The molecule has 5 rings (SSSR count). The molecule has 0 radical (unpaired) electrons. The van der Waals surface area contributed by atoms with Gasteiger partial charge in [0.15, 0.2) is 0 Å². The first-order valence-electron chi connectivity index (χ1n) is 9.84. The Hall–Kier alpha value is -2.92. The maximum absolute atomic E-state index is 13.1. The maximum atomic E-state index is 13.1. The number of aryl methyl sites for hydroxylation is 3. The third-order valence-electron chi connectivity index (χ3n) is 5.86. The lowest BCUT2D eigenvalue weighted by atomic mass is 10.00. The molecule has 0 spiro atoms. The summed E-state index contributed by atoms with van der Waals surface area (Å²) in [5.74, 6) is 0. The molecule has 1 N–H and O–H groups in total. The number of pyridine rings is 2. The Morgan fingerprint density at radius 3 is 2.64 bits per heavy atom. The van der Waals surface area contributed by atoms with Crippen LogP contribution in [-0.4, -0.2) is 27.0 Å².